The molecule has 0 amide bonds. The van der Waals surface area contributed by atoms with Crippen molar-refractivity contribution >= 4 is 0 Å². The van der Waals surface area contributed by atoms with Gasteiger partial charge in [0.05, 0.1) is 0 Å². The number of pyridine rings is 1. The molecule has 0 saturated carbocycles. The summed E-state index contributed by atoms with van der Waals surface area (Å²) in [5, 5.41) is 8.70. The van der Waals surface area contributed by atoms with Crippen LogP contribution in [0.15, 0.2) is 24.5 Å². The van der Waals surface area contributed by atoms with Crippen molar-refractivity contribution in [2.75, 3.05) is 6.61 Å². The highest BCUT2D eigenvalue weighted by atomic mass is 35.5. The molecule has 0 spiro atoms. The van der Waals surface area contributed by atoms with Gasteiger partial charge in [-0.2, -0.15) is 0 Å². The first-order valence-corrected chi connectivity index (χ1v) is 8.95. The maximum atomic E-state index is 8.70. The van der Waals surface area contributed by atoms with E-state index in [1.807, 2.05) is 0 Å². The van der Waals surface area contributed by atoms with Crippen LogP contribution in [0, 0.1) is 0 Å². The summed E-state index contributed by atoms with van der Waals surface area (Å²) in [6.07, 6.45) is 18.4. The molecule has 0 saturated heterocycles. The molecule has 0 fully saturated rings. The van der Waals surface area contributed by atoms with Gasteiger partial charge >= 0.3 is 0 Å². The Morgan fingerprint density at radius 3 is 1.91 bits per heavy atom. The number of unbranched alkanes of at least 4 members (excludes halogenated alkanes) is 8. The lowest BCUT2D eigenvalue weighted by atomic mass is 10.1. The van der Waals surface area contributed by atoms with Gasteiger partial charge in [0.15, 0.2) is 12.4 Å². The third-order valence-corrected chi connectivity index (χ3v) is 4.10. The molecule has 0 bridgehead atoms. The number of hydrogen-bond acceptors (Lipinski definition) is 1. The molecule has 1 rings (SSSR count). The summed E-state index contributed by atoms with van der Waals surface area (Å²) in [4.78, 5) is 0. The van der Waals surface area contributed by atoms with Crippen LogP contribution in [0.25, 0.3) is 0 Å². The van der Waals surface area contributed by atoms with Crippen LogP contribution in [-0.4, -0.2) is 11.7 Å². The van der Waals surface area contributed by atoms with E-state index in [0.29, 0.717) is 6.61 Å². The highest BCUT2D eigenvalue weighted by Crippen LogP contribution is 2.08. The van der Waals surface area contributed by atoms with Crippen molar-refractivity contribution in [3.8, 4) is 0 Å². The van der Waals surface area contributed by atoms with Gasteiger partial charge in [0.25, 0.3) is 0 Å². The van der Waals surface area contributed by atoms with Crippen LogP contribution >= 0.6 is 0 Å². The fraction of sp³-hybridized carbons (Fsp3) is 0.737. The molecule has 1 heterocycles. The lowest BCUT2D eigenvalue weighted by molar-refractivity contribution is -0.697. The van der Waals surface area contributed by atoms with Gasteiger partial charge in [-0.05, 0) is 31.2 Å². The number of aryl methyl sites for hydroxylation is 2. The SMILES string of the molecule is CCCCc1cc[n+](CCCCCCCCCCO)cc1.[Cl-]. The van der Waals surface area contributed by atoms with E-state index in [4.69, 9.17) is 5.11 Å². The Balaban J connectivity index is 0.00000441. The molecule has 0 radical (unpaired) electrons. The normalized spacial score (nSPS) is 10.5. The zero-order valence-corrected chi connectivity index (χ0v) is 15.0. The Labute approximate surface area is 143 Å². The minimum absolute atomic E-state index is 0. The van der Waals surface area contributed by atoms with Crippen LogP contribution in [0.5, 0.6) is 0 Å². The van der Waals surface area contributed by atoms with E-state index in [2.05, 4.69) is 36.0 Å². The fourth-order valence-corrected chi connectivity index (χ4v) is 2.65. The molecule has 0 aromatic carbocycles. The number of aliphatic hydroxyl groups is 1. The van der Waals surface area contributed by atoms with Crippen LogP contribution < -0.4 is 17.0 Å². The lowest BCUT2D eigenvalue weighted by Gasteiger charge is -2.02. The Morgan fingerprint density at radius 2 is 1.36 bits per heavy atom. The van der Waals surface area contributed by atoms with Crippen LogP contribution in [0.1, 0.15) is 76.7 Å². The monoisotopic (exact) mass is 327 g/mol. The standard InChI is InChI=1S/C19H34NO.ClH/c1-2-3-12-19-13-16-20(17-14-19)15-10-8-6-4-5-7-9-11-18-21;/h13-14,16-17,21H,2-12,15,18H2,1H3;1H/q+1;/p-1. The van der Waals surface area contributed by atoms with Gasteiger partial charge in [-0.1, -0.05) is 45.4 Å². The molecule has 128 valence electrons. The van der Waals surface area contributed by atoms with Gasteiger partial charge in [0.1, 0.15) is 6.54 Å². The second-order valence-corrected chi connectivity index (χ2v) is 6.10. The summed E-state index contributed by atoms with van der Waals surface area (Å²) >= 11 is 0. The Kier molecular flexibility index (Phi) is 14.9. The van der Waals surface area contributed by atoms with Crippen molar-refractivity contribution in [2.45, 2.75) is 84.1 Å². The van der Waals surface area contributed by atoms with Crippen LogP contribution in [-0.2, 0) is 13.0 Å². The average Bonchev–Trinajstić information content (AvgIpc) is 2.52. The predicted octanol–water partition coefficient (Wildman–Crippen LogP) is 1.43. The van der Waals surface area contributed by atoms with Crippen molar-refractivity contribution in [3.63, 3.8) is 0 Å². The van der Waals surface area contributed by atoms with Crippen LogP contribution in [0.2, 0.25) is 0 Å². The lowest BCUT2D eigenvalue weighted by Crippen LogP contribution is -3.00. The molecule has 0 unspecified atom stereocenters. The number of rotatable bonds is 13. The third-order valence-electron chi connectivity index (χ3n) is 4.10. The fourth-order valence-electron chi connectivity index (χ4n) is 2.65. The summed E-state index contributed by atoms with van der Waals surface area (Å²) < 4.78 is 2.32. The second-order valence-electron chi connectivity index (χ2n) is 6.10. The minimum Gasteiger partial charge on any atom is -1.00 e. The molecule has 0 aliphatic heterocycles. The number of aromatic nitrogens is 1. The molecule has 0 atom stereocenters. The predicted molar refractivity (Wildman–Crippen MR) is 89.3 cm³/mol. The van der Waals surface area contributed by atoms with E-state index in [1.54, 1.807) is 0 Å². The number of aliphatic hydroxyl groups excluding tert-OH is 1. The Morgan fingerprint density at radius 1 is 0.818 bits per heavy atom. The topological polar surface area (TPSA) is 24.1 Å². The summed E-state index contributed by atoms with van der Waals surface area (Å²) in [7, 11) is 0. The highest BCUT2D eigenvalue weighted by Gasteiger charge is 2.01. The largest absolute Gasteiger partial charge is 1.00 e. The van der Waals surface area contributed by atoms with Crippen molar-refractivity contribution in [2.24, 2.45) is 0 Å². The summed E-state index contributed by atoms with van der Waals surface area (Å²) in [5.74, 6) is 0. The van der Waals surface area contributed by atoms with Gasteiger partial charge < -0.3 is 17.5 Å². The van der Waals surface area contributed by atoms with Gasteiger partial charge in [0, 0.05) is 25.2 Å². The Hall–Kier alpha value is -0.600. The molecule has 1 N–H and O–H groups in total. The van der Waals surface area contributed by atoms with Crippen molar-refractivity contribution in [1.29, 1.82) is 0 Å². The van der Waals surface area contributed by atoms with E-state index in [9.17, 15) is 0 Å². The summed E-state index contributed by atoms with van der Waals surface area (Å²) in [6.45, 7) is 3.75. The average molecular weight is 328 g/mol. The maximum Gasteiger partial charge on any atom is 0.169 e. The number of nitrogens with zero attached hydrogens (tertiary/aromatic N) is 1. The van der Waals surface area contributed by atoms with E-state index in [1.165, 1.54) is 69.8 Å². The molecule has 0 aliphatic rings. The van der Waals surface area contributed by atoms with Crippen LogP contribution in [0.4, 0.5) is 0 Å². The number of halogens is 1. The van der Waals surface area contributed by atoms with E-state index < -0.39 is 0 Å². The van der Waals surface area contributed by atoms with Gasteiger partial charge in [-0.25, -0.2) is 4.57 Å². The molecule has 22 heavy (non-hydrogen) atoms. The smallest absolute Gasteiger partial charge is 0.169 e. The van der Waals surface area contributed by atoms with Crippen molar-refractivity contribution in [1.82, 2.24) is 0 Å². The summed E-state index contributed by atoms with van der Waals surface area (Å²) in [5.41, 5.74) is 1.47. The molecule has 2 nitrogen and oxygen atoms in total. The summed E-state index contributed by atoms with van der Waals surface area (Å²) in [6, 6.07) is 4.55. The van der Waals surface area contributed by atoms with Crippen LogP contribution in [0.3, 0.4) is 0 Å². The molecular formula is C19H34ClNO. The number of hydrogen-bond donors (Lipinski definition) is 1. The molecule has 1 aromatic rings. The van der Waals surface area contributed by atoms with E-state index >= 15 is 0 Å². The van der Waals surface area contributed by atoms with Gasteiger partial charge in [-0.3, -0.25) is 0 Å². The third kappa shape index (κ3) is 11.0. The van der Waals surface area contributed by atoms with Gasteiger partial charge in [-0.15, -0.1) is 0 Å². The first-order valence-electron chi connectivity index (χ1n) is 8.95. The molecular weight excluding hydrogens is 294 g/mol. The van der Waals surface area contributed by atoms with Crippen molar-refractivity contribution in [3.05, 3.63) is 30.1 Å². The zero-order chi connectivity index (χ0) is 15.2. The highest BCUT2D eigenvalue weighted by molar-refractivity contribution is 5.06. The van der Waals surface area contributed by atoms with E-state index in [-0.39, 0.29) is 12.4 Å². The molecule has 0 aliphatic carbocycles. The molecule has 1 aromatic heterocycles. The minimum atomic E-state index is 0. The maximum absolute atomic E-state index is 8.70. The first kappa shape index (κ1) is 21.4. The first-order chi connectivity index (χ1) is 10.4. The van der Waals surface area contributed by atoms with E-state index in [0.717, 1.165) is 13.0 Å². The molecule has 3 heteroatoms. The van der Waals surface area contributed by atoms with Crippen molar-refractivity contribution < 1.29 is 22.1 Å². The quantitative estimate of drug-likeness (QED) is 0.430. The van der Waals surface area contributed by atoms with Gasteiger partial charge in [0.2, 0.25) is 0 Å². The zero-order valence-electron chi connectivity index (χ0n) is 14.3. The Bertz CT molecular complexity index is 340. The second kappa shape index (κ2) is 15.3.